The van der Waals surface area contributed by atoms with Crippen LogP contribution in [0.5, 0.6) is 17.2 Å². The summed E-state index contributed by atoms with van der Waals surface area (Å²) in [7, 11) is 3.09. The first-order valence-electron chi connectivity index (χ1n) is 9.97. The molecule has 0 bridgehead atoms. The van der Waals surface area contributed by atoms with Crippen LogP contribution in [0, 0.1) is 0 Å². The zero-order valence-electron chi connectivity index (χ0n) is 17.1. The number of hydrogen-bond donors (Lipinski definition) is 2. The Balaban J connectivity index is 1.51. The van der Waals surface area contributed by atoms with E-state index in [9.17, 15) is 4.79 Å². The highest BCUT2D eigenvalue weighted by Crippen LogP contribution is 2.28. The van der Waals surface area contributed by atoms with Crippen LogP contribution < -0.4 is 24.8 Å². The molecule has 4 rings (SSSR count). The lowest BCUT2D eigenvalue weighted by molar-refractivity contribution is 0.102. The van der Waals surface area contributed by atoms with Gasteiger partial charge in [-0.25, -0.2) is 4.98 Å². The van der Waals surface area contributed by atoms with Crippen LogP contribution in [0.25, 0.3) is 10.8 Å². The molecule has 0 atom stereocenters. The van der Waals surface area contributed by atoms with Crippen LogP contribution in [0.4, 0.5) is 5.82 Å². The van der Waals surface area contributed by atoms with E-state index in [2.05, 4.69) is 15.6 Å². The van der Waals surface area contributed by atoms with E-state index >= 15 is 0 Å². The molecular weight excluding hydrogens is 382 g/mol. The van der Waals surface area contributed by atoms with Gasteiger partial charge in [-0.05, 0) is 73.8 Å². The number of benzene rings is 2. The third-order valence-electron chi connectivity index (χ3n) is 5.17. The molecule has 7 heteroatoms. The average molecular weight is 407 g/mol. The number of fused-ring (bicyclic) bond motifs is 1. The highest BCUT2D eigenvalue weighted by Gasteiger charge is 2.15. The Morgan fingerprint density at radius 3 is 2.57 bits per heavy atom. The Bertz CT molecular complexity index is 1050. The Hall–Kier alpha value is -3.32. The smallest absolute Gasteiger partial charge is 0.256 e. The van der Waals surface area contributed by atoms with Gasteiger partial charge >= 0.3 is 0 Å². The maximum atomic E-state index is 12.7. The lowest BCUT2D eigenvalue weighted by Gasteiger charge is -2.24. The fourth-order valence-corrected chi connectivity index (χ4v) is 3.53. The molecule has 0 aliphatic carbocycles. The summed E-state index contributed by atoms with van der Waals surface area (Å²) >= 11 is 0. The summed E-state index contributed by atoms with van der Waals surface area (Å²) in [5.74, 6) is 2.10. The van der Waals surface area contributed by atoms with E-state index in [1.54, 1.807) is 31.5 Å². The molecule has 1 saturated heterocycles. The molecule has 30 heavy (non-hydrogen) atoms. The predicted molar refractivity (Wildman–Crippen MR) is 116 cm³/mol. The number of methoxy groups -OCH3 is 2. The monoisotopic (exact) mass is 407 g/mol. The molecule has 0 radical (unpaired) electrons. The molecule has 0 spiro atoms. The third kappa shape index (κ3) is 4.46. The summed E-state index contributed by atoms with van der Waals surface area (Å²) in [5.41, 5.74) is 0.456. The summed E-state index contributed by atoms with van der Waals surface area (Å²) in [6, 6.07) is 12.8. The normalized spacial score (nSPS) is 14.3. The van der Waals surface area contributed by atoms with Crippen molar-refractivity contribution in [2.45, 2.75) is 18.9 Å². The van der Waals surface area contributed by atoms with E-state index in [-0.39, 0.29) is 12.0 Å². The van der Waals surface area contributed by atoms with Crippen LogP contribution in [-0.2, 0) is 0 Å². The molecule has 3 aromatic rings. The maximum Gasteiger partial charge on any atom is 0.256 e. The highest BCUT2D eigenvalue weighted by molar-refractivity contribution is 6.05. The van der Waals surface area contributed by atoms with Gasteiger partial charge in [-0.3, -0.25) is 4.79 Å². The van der Waals surface area contributed by atoms with Crippen LogP contribution in [0.15, 0.2) is 48.7 Å². The first-order valence-corrected chi connectivity index (χ1v) is 9.97. The number of carbonyl (C=O) groups is 1. The van der Waals surface area contributed by atoms with Crippen LogP contribution in [0.3, 0.4) is 0 Å². The van der Waals surface area contributed by atoms with E-state index < -0.39 is 0 Å². The summed E-state index contributed by atoms with van der Waals surface area (Å²) in [6.45, 7) is 1.96. The zero-order valence-corrected chi connectivity index (χ0v) is 17.1. The number of rotatable bonds is 6. The summed E-state index contributed by atoms with van der Waals surface area (Å²) in [4.78, 5) is 17.0. The molecule has 7 nitrogen and oxygen atoms in total. The number of piperidine rings is 1. The number of nitrogens with one attached hydrogen (secondary N) is 2. The second kappa shape index (κ2) is 9.00. The van der Waals surface area contributed by atoms with E-state index in [0.717, 1.165) is 42.5 Å². The van der Waals surface area contributed by atoms with Gasteiger partial charge in [-0.1, -0.05) is 0 Å². The first kappa shape index (κ1) is 20.0. The predicted octanol–water partition coefficient (Wildman–Crippen LogP) is 3.64. The van der Waals surface area contributed by atoms with Crippen molar-refractivity contribution in [2.24, 2.45) is 0 Å². The van der Waals surface area contributed by atoms with E-state index in [1.807, 2.05) is 24.3 Å². The fraction of sp³-hybridized carbons (Fsp3) is 0.304. The minimum atomic E-state index is -0.273. The van der Waals surface area contributed by atoms with Gasteiger partial charge in [0.05, 0.1) is 14.2 Å². The van der Waals surface area contributed by atoms with Crippen molar-refractivity contribution >= 4 is 22.5 Å². The van der Waals surface area contributed by atoms with Crippen molar-refractivity contribution in [1.29, 1.82) is 0 Å². The summed E-state index contributed by atoms with van der Waals surface area (Å²) in [5, 5.41) is 8.12. The molecular formula is C23H25N3O4. The van der Waals surface area contributed by atoms with E-state index in [4.69, 9.17) is 14.2 Å². The largest absolute Gasteiger partial charge is 0.493 e. The summed E-state index contributed by atoms with van der Waals surface area (Å²) < 4.78 is 16.6. The average Bonchev–Trinajstić information content (AvgIpc) is 2.79. The Labute approximate surface area is 175 Å². The highest BCUT2D eigenvalue weighted by atomic mass is 16.5. The first-order chi connectivity index (χ1) is 14.7. The lowest BCUT2D eigenvalue weighted by Crippen LogP contribution is -2.34. The number of hydrogen-bond acceptors (Lipinski definition) is 6. The van der Waals surface area contributed by atoms with Gasteiger partial charge in [0.25, 0.3) is 5.91 Å². The number of anilines is 1. The van der Waals surface area contributed by atoms with Crippen molar-refractivity contribution in [3.05, 3.63) is 54.2 Å². The Kier molecular flexibility index (Phi) is 5.99. The number of amides is 1. The molecule has 0 saturated carbocycles. The van der Waals surface area contributed by atoms with Gasteiger partial charge in [-0.2, -0.15) is 0 Å². The van der Waals surface area contributed by atoms with Crippen molar-refractivity contribution in [3.8, 4) is 17.2 Å². The van der Waals surface area contributed by atoms with Crippen LogP contribution in [0.1, 0.15) is 23.2 Å². The number of carbonyl (C=O) groups excluding carboxylic acids is 1. The molecule has 1 aliphatic heterocycles. The van der Waals surface area contributed by atoms with Crippen molar-refractivity contribution < 1.29 is 19.0 Å². The number of pyridine rings is 1. The van der Waals surface area contributed by atoms with Gasteiger partial charge < -0.3 is 24.8 Å². The van der Waals surface area contributed by atoms with Crippen LogP contribution >= 0.6 is 0 Å². The second-order valence-corrected chi connectivity index (χ2v) is 7.17. The molecule has 1 aliphatic rings. The molecule has 1 amide bonds. The summed E-state index contributed by atoms with van der Waals surface area (Å²) in [6.07, 6.45) is 3.98. The SMILES string of the molecule is COc1ccc(C(=O)Nc2cc3cc(OC4CCNCC4)ccc3cn2)cc1OC. The Morgan fingerprint density at radius 2 is 1.80 bits per heavy atom. The van der Waals surface area contributed by atoms with Gasteiger partial charge in [0.15, 0.2) is 11.5 Å². The van der Waals surface area contributed by atoms with Gasteiger partial charge in [0.1, 0.15) is 17.7 Å². The maximum absolute atomic E-state index is 12.7. The van der Waals surface area contributed by atoms with E-state index in [0.29, 0.717) is 22.9 Å². The number of ether oxygens (including phenoxy) is 3. The Morgan fingerprint density at radius 1 is 1.00 bits per heavy atom. The second-order valence-electron chi connectivity index (χ2n) is 7.17. The molecule has 0 unspecified atom stereocenters. The molecule has 1 fully saturated rings. The minimum absolute atomic E-state index is 0.231. The van der Waals surface area contributed by atoms with Crippen molar-refractivity contribution in [3.63, 3.8) is 0 Å². The minimum Gasteiger partial charge on any atom is -0.493 e. The molecule has 156 valence electrons. The molecule has 2 heterocycles. The van der Waals surface area contributed by atoms with Crippen LogP contribution in [0.2, 0.25) is 0 Å². The molecule has 1 aromatic heterocycles. The van der Waals surface area contributed by atoms with Gasteiger partial charge in [0, 0.05) is 17.1 Å². The third-order valence-corrected chi connectivity index (χ3v) is 5.17. The number of aromatic nitrogens is 1. The van der Waals surface area contributed by atoms with Crippen molar-refractivity contribution in [1.82, 2.24) is 10.3 Å². The topological polar surface area (TPSA) is 81.7 Å². The molecule has 2 aromatic carbocycles. The molecule has 2 N–H and O–H groups in total. The quantitative estimate of drug-likeness (QED) is 0.649. The fourth-order valence-electron chi connectivity index (χ4n) is 3.53. The zero-order chi connectivity index (χ0) is 20.9. The van der Waals surface area contributed by atoms with Crippen molar-refractivity contribution in [2.75, 3.05) is 32.6 Å². The lowest BCUT2D eigenvalue weighted by atomic mass is 10.1. The van der Waals surface area contributed by atoms with Gasteiger partial charge in [-0.15, -0.1) is 0 Å². The van der Waals surface area contributed by atoms with Crippen LogP contribution in [-0.4, -0.2) is 44.3 Å². The van der Waals surface area contributed by atoms with E-state index in [1.165, 1.54) is 7.11 Å². The standard InChI is InChI=1S/C23H25N3O4/c1-28-20-6-4-15(12-21(20)29-2)23(27)26-22-13-17-11-19(5-3-16(17)14-25-22)30-18-7-9-24-10-8-18/h3-6,11-14,18,24H,7-10H2,1-2H3,(H,25,26,27). The number of nitrogens with zero attached hydrogens (tertiary/aromatic N) is 1. The van der Waals surface area contributed by atoms with Gasteiger partial charge in [0.2, 0.25) is 0 Å².